The van der Waals surface area contributed by atoms with Crippen LogP contribution in [0.5, 0.6) is 0 Å². The van der Waals surface area contributed by atoms with Gasteiger partial charge in [-0.25, -0.2) is 9.78 Å². The molecule has 0 saturated carbocycles. The van der Waals surface area contributed by atoms with Gasteiger partial charge in [-0.2, -0.15) is 11.8 Å². The van der Waals surface area contributed by atoms with Crippen LogP contribution in [0.25, 0.3) is 0 Å². The molecule has 0 radical (unpaired) electrons. The van der Waals surface area contributed by atoms with Crippen LogP contribution >= 0.6 is 11.8 Å². The first-order valence-electron chi connectivity index (χ1n) is 12.7. The van der Waals surface area contributed by atoms with Gasteiger partial charge in [-0.05, 0) is 57.1 Å². The summed E-state index contributed by atoms with van der Waals surface area (Å²) < 4.78 is 0. The molecule has 1 aromatic heterocycles. The van der Waals surface area contributed by atoms with E-state index in [4.69, 9.17) is 22.9 Å². The maximum absolute atomic E-state index is 13.3. The number of aliphatic carboxylic acids is 1. The van der Waals surface area contributed by atoms with Crippen molar-refractivity contribution in [3.05, 3.63) is 18.2 Å². The Balaban J connectivity index is 3.00. The second-order valence-corrected chi connectivity index (χ2v) is 9.91. The molecular formula is C23H42N10O5S. The summed E-state index contributed by atoms with van der Waals surface area (Å²) in [6.07, 6.45) is 7.07. The van der Waals surface area contributed by atoms with Crippen molar-refractivity contribution >= 4 is 41.4 Å². The number of H-pyrrole nitrogens is 1. The third-order valence-electron chi connectivity index (χ3n) is 5.72. The van der Waals surface area contributed by atoms with Crippen LogP contribution in [0.3, 0.4) is 0 Å². The summed E-state index contributed by atoms with van der Waals surface area (Å²) in [6.45, 7) is 0.587. The smallest absolute Gasteiger partial charge is 0.326 e. The maximum Gasteiger partial charge on any atom is 0.326 e. The van der Waals surface area contributed by atoms with Gasteiger partial charge in [-0.1, -0.05) is 0 Å². The fourth-order valence-electron chi connectivity index (χ4n) is 3.55. The molecule has 16 heteroatoms. The summed E-state index contributed by atoms with van der Waals surface area (Å²) in [7, 11) is 0. The van der Waals surface area contributed by atoms with Crippen LogP contribution in [0.15, 0.2) is 17.5 Å². The third-order valence-corrected chi connectivity index (χ3v) is 6.37. The molecule has 1 heterocycles. The van der Waals surface area contributed by atoms with Gasteiger partial charge in [0, 0.05) is 24.9 Å². The van der Waals surface area contributed by atoms with Crippen molar-refractivity contribution < 1.29 is 24.3 Å². The SMILES string of the molecule is CSCCC(N)C(=O)NC(Cc1cnc[nH]1)C(=O)NC(CCCCN)C(=O)NC(CCCN=C(N)N)C(=O)O. The molecule has 0 aliphatic carbocycles. The van der Waals surface area contributed by atoms with Gasteiger partial charge < -0.3 is 49.0 Å². The molecule has 220 valence electrons. The minimum Gasteiger partial charge on any atom is -0.480 e. The van der Waals surface area contributed by atoms with Crippen molar-refractivity contribution in [2.24, 2.45) is 27.9 Å². The molecule has 0 spiro atoms. The topological polar surface area (TPSA) is 270 Å². The van der Waals surface area contributed by atoms with Crippen molar-refractivity contribution in [2.45, 2.75) is 69.1 Å². The van der Waals surface area contributed by atoms with Gasteiger partial charge in [0.1, 0.15) is 18.1 Å². The highest BCUT2D eigenvalue weighted by Gasteiger charge is 2.30. The minimum absolute atomic E-state index is 0.0759. The van der Waals surface area contributed by atoms with E-state index >= 15 is 0 Å². The fraction of sp³-hybridized carbons (Fsp3) is 0.652. The fourth-order valence-corrected chi connectivity index (χ4v) is 4.04. The summed E-state index contributed by atoms with van der Waals surface area (Å²) in [5.41, 5.74) is 22.7. The Hall–Kier alpha value is -3.37. The van der Waals surface area contributed by atoms with E-state index in [0.29, 0.717) is 43.7 Å². The van der Waals surface area contributed by atoms with Gasteiger partial charge in [-0.15, -0.1) is 0 Å². The number of unbranched alkanes of at least 4 members (excludes halogenated alkanes) is 1. The van der Waals surface area contributed by atoms with E-state index in [-0.39, 0.29) is 31.8 Å². The third kappa shape index (κ3) is 13.8. The molecule has 0 aromatic carbocycles. The Bertz CT molecular complexity index is 926. The molecule has 0 aliphatic rings. The van der Waals surface area contributed by atoms with Gasteiger partial charge >= 0.3 is 5.97 Å². The molecule has 3 amide bonds. The first-order valence-corrected chi connectivity index (χ1v) is 14.1. The molecule has 13 N–H and O–H groups in total. The number of thioether (sulfide) groups is 1. The van der Waals surface area contributed by atoms with Crippen molar-refractivity contribution in [1.82, 2.24) is 25.9 Å². The number of rotatable bonds is 20. The van der Waals surface area contributed by atoms with E-state index in [1.165, 1.54) is 12.5 Å². The van der Waals surface area contributed by atoms with E-state index in [1.54, 1.807) is 11.8 Å². The zero-order valence-electron chi connectivity index (χ0n) is 22.2. The first kappa shape index (κ1) is 33.7. The lowest BCUT2D eigenvalue weighted by Crippen LogP contribution is -2.57. The number of aliphatic imine (C=N–C) groups is 1. The molecule has 0 bridgehead atoms. The number of nitrogens with two attached hydrogens (primary N) is 4. The molecule has 4 atom stereocenters. The lowest BCUT2D eigenvalue weighted by atomic mass is 10.0. The number of aromatic nitrogens is 2. The van der Waals surface area contributed by atoms with Crippen LogP contribution < -0.4 is 38.9 Å². The molecular weight excluding hydrogens is 528 g/mol. The number of imidazole rings is 1. The number of hydrogen-bond donors (Lipinski definition) is 9. The van der Waals surface area contributed by atoms with E-state index in [9.17, 15) is 24.3 Å². The predicted octanol–water partition coefficient (Wildman–Crippen LogP) is -2.25. The van der Waals surface area contributed by atoms with Crippen molar-refractivity contribution in [2.75, 3.05) is 25.1 Å². The number of carbonyl (C=O) groups excluding carboxylic acids is 3. The number of aromatic amines is 1. The number of amides is 3. The Morgan fingerprint density at radius 1 is 1.00 bits per heavy atom. The van der Waals surface area contributed by atoms with Crippen LogP contribution in [0.1, 0.15) is 44.2 Å². The summed E-state index contributed by atoms with van der Waals surface area (Å²) in [5, 5.41) is 17.4. The lowest BCUT2D eigenvalue weighted by molar-refractivity contribution is -0.142. The Morgan fingerprint density at radius 2 is 1.64 bits per heavy atom. The van der Waals surface area contributed by atoms with Gasteiger partial charge in [0.2, 0.25) is 17.7 Å². The Kier molecular flexibility index (Phi) is 16.2. The zero-order chi connectivity index (χ0) is 29.2. The summed E-state index contributed by atoms with van der Waals surface area (Å²) in [6, 6.07) is -4.14. The van der Waals surface area contributed by atoms with Gasteiger partial charge in [0.15, 0.2) is 5.96 Å². The molecule has 0 fully saturated rings. The zero-order valence-corrected chi connectivity index (χ0v) is 23.0. The number of hydrogen-bond acceptors (Lipinski definition) is 9. The molecule has 39 heavy (non-hydrogen) atoms. The van der Waals surface area contributed by atoms with E-state index in [0.717, 1.165) is 0 Å². The minimum atomic E-state index is -1.23. The van der Waals surface area contributed by atoms with E-state index in [1.807, 2.05) is 6.26 Å². The largest absolute Gasteiger partial charge is 0.480 e. The normalized spacial score (nSPS) is 13.9. The highest BCUT2D eigenvalue weighted by Crippen LogP contribution is 2.07. The predicted molar refractivity (Wildman–Crippen MR) is 150 cm³/mol. The second kappa shape index (κ2) is 18.8. The highest BCUT2D eigenvalue weighted by atomic mass is 32.2. The van der Waals surface area contributed by atoms with Crippen LogP contribution in [-0.2, 0) is 25.6 Å². The molecule has 1 aromatic rings. The molecule has 4 unspecified atom stereocenters. The van der Waals surface area contributed by atoms with E-state index < -0.39 is 47.9 Å². The quantitative estimate of drug-likeness (QED) is 0.0459. The molecule has 0 saturated heterocycles. The maximum atomic E-state index is 13.3. The summed E-state index contributed by atoms with van der Waals surface area (Å²) in [4.78, 5) is 61.5. The summed E-state index contributed by atoms with van der Waals surface area (Å²) >= 11 is 1.55. The van der Waals surface area contributed by atoms with Crippen LogP contribution in [-0.4, -0.2) is 94.0 Å². The summed E-state index contributed by atoms with van der Waals surface area (Å²) in [5.74, 6) is -2.47. The average molecular weight is 571 g/mol. The van der Waals surface area contributed by atoms with Gasteiger partial charge in [0.05, 0.1) is 12.4 Å². The van der Waals surface area contributed by atoms with Crippen LogP contribution in [0.2, 0.25) is 0 Å². The number of carbonyl (C=O) groups is 4. The number of nitrogens with zero attached hydrogens (tertiary/aromatic N) is 2. The van der Waals surface area contributed by atoms with Crippen LogP contribution in [0, 0.1) is 0 Å². The van der Waals surface area contributed by atoms with Crippen molar-refractivity contribution in [3.63, 3.8) is 0 Å². The Labute approximate surface area is 232 Å². The number of guanidine groups is 1. The molecule has 1 rings (SSSR count). The van der Waals surface area contributed by atoms with Gasteiger partial charge in [-0.3, -0.25) is 19.4 Å². The standard InChI is InChI=1S/C23H42N10O5S/c1-39-10-7-15(25)19(34)33-18(11-14-12-28-13-30-14)21(36)31-16(5-2-3-8-24)20(35)32-17(22(37)38)6-4-9-29-23(26)27/h12-13,15-18H,2-11,24-25H2,1H3,(H,28,30)(H,31,36)(H,32,35)(H,33,34)(H,37,38)(H4,26,27,29). The molecule has 15 nitrogen and oxygen atoms in total. The van der Waals surface area contributed by atoms with Crippen molar-refractivity contribution in [3.8, 4) is 0 Å². The lowest BCUT2D eigenvalue weighted by Gasteiger charge is -2.25. The van der Waals surface area contributed by atoms with E-state index in [2.05, 4.69) is 30.9 Å². The monoisotopic (exact) mass is 570 g/mol. The Morgan fingerprint density at radius 3 is 2.23 bits per heavy atom. The van der Waals surface area contributed by atoms with Gasteiger partial charge in [0.25, 0.3) is 0 Å². The number of nitrogens with one attached hydrogen (secondary N) is 4. The highest BCUT2D eigenvalue weighted by molar-refractivity contribution is 7.98. The average Bonchev–Trinajstić information content (AvgIpc) is 3.40. The number of carboxylic acids is 1. The van der Waals surface area contributed by atoms with Crippen molar-refractivity contribution in [1.29, 1.82) is 0 Å². The second-order valence-electron chi connectivity index (χ2n) is 8.92. The van der Waals surface area contributed by atoms with Crippen LogP contribution in [0.4, 0.5) is 0 Å². The number of carboxylic acid groups (broad SMARTS) is 1. The first-order chi connectivity index (χ1) is 18.6. The molecule has 0 aliphatic heterocycles.